The predicted octanol–water partition coefficient (Wildman–Crippen LogP) is 0.438. The highest BCUT2D eigenvalue weighted by molar-refractivity contribution is 5.86. The molecular formula is C17H16BrNO. The summed E-state index contributed by atoms with van der Waals surface area (Å²) in [4.78, 5) is 0. The maximum absolute atomic E-state index is 5.44. The minimum atomic E-state index is 0. The largest absolute Gasteiger partial charge is 1.00 e. The Balaban J connectivity index is 0.00000147. The van der Waals surface area contributed by atoms with Gasteiger partial charge in [0.05, 0.1) is 12.5 Å². The van der Waals surface area contributed by atoms with Crippen molar-refractivity contribution in [1.29, 1.82) is 0 Å². The van der Waals surface area contributed by atoms with E-state index in [1.165, 1.54) is 16.6 Å². The van der Waals surface area contributed by atoms with Gasteiger partial charge in [0.1, 0.15) is 5.75 Å². The Hall–Kier alpha value is -1.87. The number of nitrogens with zero attached hydrogens (tertiary/aromatic N) is 1. The van der Waals surface area contributed by atoms with Gasteiger partial charge >= 0.3 is 0 Å². The fraction of sp³-hybridized carbons (Fsp3) is 0.118. The van der Waals surface area contributed by atoms with Crippen molar-refractivity contribution in [1.82, 2.24) is 0 Å². The van der Waals surface area contributed by atoms with Gasteiger partial charge in [-0.25, -0.2) is 0 Å². The van der Waals surface area contributed by atoms with Crippen LogP contribution in [0.25, 0.3) is 16.5 Å². The number of aromatic nitrogens is 1. The van der Waals surface area contributed by atoms with Crippen LogP contribution in [0.15, 0.2) is 60.9 Å². The van der Waals surface area contributed by atoms with Gasteiger partial charge in [0.2, 0.25) is 5.69 Å². The molecule has 3 rings (SSSR count). The summed E-state index contributed by atoms with van der Waals surface area (Å²) in [6, 6.07) is 16.6. The minimum Gasteiger partial charge on any atom is -1.00 e. The molecule has 0 saturated heterocycles. The molecule has 2 nitrogen and oxygen atoms in total. The maximum atomic E-state index is 5.44. The van der Waals surface area contributed by atoms with Gasteiger partial charge < -0.3 is 21.7 Å². The Morgan fingerprint density at radius 2 is 1.75 bits per heavy atom. The Bertz CT molecular complexity index is 740. The summed E-state index contributed by atoms with van der Waals surface area (Å²) in [5.74, 6) is 0.903. The van der Waals surface area contributed by atoms with Crippen LogP contribution in [-0.2, 0) is 0 Å². The van der Waals surface area contributed by atoms with Gasteiger partial charge in [-0.05, 0) is 18.4 Å². The first-order chi connectivity index (χ1) is 9.29. The fourth-order valence-corrected chi connectivity index (χ4v) is 2.37. The lowest BCUT2D eigenvalue weighted by atomic mass is 10.1. The van der Waals surface area contributed by atoms with Crippen LogP contribution in [0.5, 0.6) is 5.75 Å². The van der Waals surface area contributed by atoms with Crippen molar-refractivity contribution in [2.75, 3.05) is 7.11 Å². The molecule has 3 heteroatoms. The number of hydrogen-bond donors (Lipinski definition) is 0. The van der Waals surface area contributed by atoms with Gasteiger partial charge in [0, 0.05) is 17.7 Å². The molecule has 1 heterocycles. The standard InChI is InChI=1S/C17H16NO.BrH/c1-13-6-3-4-8-16(13)18-11-10-14-7-5-9-17(19-2)15(14)12-18;/h3-12H,1-2H3;1H/q+1;/p-1. The Kier molecular flexibility index (Phi) is 4.40. The molecular weight excluding hydrogens is 314 g/mol. The molecule has 0 fully saturated rings. The number of ether oxygens (including phenoxy) is 1. The topological polar surface area (TPSA) is 13.1 Å². The SMILES string of the molecule is COc1cccc2cc[n+](-c3ccccc3C)cc12.[Br-]. The van der Waals surface area contributed by atoms with Crippen molar-refractivity contribution in [3.63, 3.8) is 0 Å². The van der Waals surface area contributed by atoms with E-state index >= 15 is 0 Å². The van der Waals surface area contributed by atoms with Crippen LogP contribution >= 0.6 is 0 Å². The van der Waals surface area contributed by atoms with Crippen LogP contribution in [0.3, 0.4) is 0 Å². The molecule has 0 spiro atoms. The van der Waals surface area contributed by atoms with Crippen molar-refractivity contribution in [2.45, 2.75) is 6.92 Å². The Morgan fingerprint density at radius 3 is 2.50 bits per heavy atom. The number of hydrogen-bond acceptors (Lipinski definition) is 1. The van der Waals surface area contributed by atoms with Crippen molar-refractivity contribution in [3.05, 3.63) is 66.5 Å². The van der Waals surface area contributed by atoms with Crippen LogP contribution in [0, 0.1) is 6.92 Å². The molecule has 2 aromatic carbocycles. The van der Waals surface area contributed by atoms with Crippen molar-refractivity contribution in [2.24, 2.45) is 0 Å². The number of aryl methyl sites for hydroxylation is 1. The zero-order valence-electron chi connectivity index (χ0n) is 11.5. The molecule has 0 unspecified atom stereocenters. The second kappa shape index (κ2) is 6.06. The monoisotopic (exact) mass is 329 g/mol. The average molecular weight is 330 g/mol. The summed E-state index contributed by atoms with van der Waals surface area (Å²) < 4.78 is 7.57. The highest BCUT2D eigenvalue weighted by atomic mass is 79.9. The highest BCUT2D eigenvalue weighted by Crippen LogP contribution is 2.23. The third-order valence-corrected chi connectivity index (χ3v) is 3.40. The second-order valence-electron chi connectivity index (χ2n) is 4.60. The van der Waals surface area contributed by atoms with E-state index in [-0.39, 0.29) is 17.0 Å². The molecule has 0 atom stereocenters. The summed E-state index contributed by atoms with van der Waals surface area (Å²) in [6.45, 7) is 2.12. The number of methoxy groups -OCH3 is 1. The summed E-state index contributed by atoms with van der Waals surface area (Å²) in [7, 11) is 1.71. The molecule has 0 bridgehead atoms. The molecule has 0 aliphatic rings. The van der Waals surface area contributed by atoms with Crippen molar-refractivity contribution >= 4 is 10.8 Å². The molecule has 0 N–H and O–H groups in total. The molecule has 0 aliphatic heterocycles. The van der Waals surface area contributed by atoms with E-state index in [0.29, 0.717) is 0 Å². The summed E-state index contributed by atoms with van der Waals surface area (Å²) in [5.41, 5.74) is 2.44. The molecule has 1 aromatic heterocycles. The van der Waals surface area contributed by atoms with Crippen LogP contribution in [0.2, 0.25) is 0 Å². The third-order valence-electron chi connectivity index (χ3n) is 3.40. The average Bonchev–Trinajstić information content (AvgIpc) is 2.46. The molecule has 0 amide bonds. The quantitative estimate of drug-likeness (QED) is 0.622. The molecule has 0 aliphatic carbocycles. The number of pyridine rings is 1. The molecule has 0 radical (unpaired) electrons. The van der Waals surface area contributed by atoms with Gasteiger partial charge in [-0.15, -0.1) is 0 Å². The lowest BCUT2D eigenvalue weighted by molar-refractivity contribution is -0.594. The maximum Gasteiger partial charge on any atom is 0.213 e. The number of rotatable bonds is 2. The first-order valence-electron chi connectivity index (χ1n) is 6.33. The summed E-state index contributed by atoms with van der Waals surface area (Å²) >= 11 is 0. The summed E-state index contributed by atoms with van der Waals surface area (Å²) in [5, 5.41) is 2.31. The number of para-hydroxylation sites is 1. The zero-order valence-corrected chi connectivity index (χ0v) is 13.1. The van der Waals surface area contributed by atoms with E-state index in [9.17, 15) is 0 Å². The smallest absolute Gasteiger partial charge is 0.213 e. The van der Waals surface area contributed by atoms with E-state index in [4.69, 9.17) is 4.74 Å². The zero-order chi connectivity index (χ0) is 13.2. The van der Waals surface area contributed by atoms with Crippen LogP contribution in [0.4, 0.5) is 0 Å². The molecule has 20 heavy (non-hydrogen) atoms. The number of fused-ring (bicyclic) bond motifs is 1. The lowest BCUT2D eigenvalue weighted by Crippen LogP contribution is -3.00. The lowest BCUT2D eigenvalue weighted by Gasteiger charge is -2.05. The van der Waals surface area contributed by atoms with E-state index in [0.717, 1.165) is 11.1 Å². The van der Waals surface area contributed by atoms with Gasteiger partial charge in [-0.2, -0.15) is 4.57 Å². The van der Waals surface area contributed by atoms with Gasteiger partial charge in [0.15, 0.2) is 12.4 Å². The van der Waals surface area contributed by atoms with E-state index in [1.54, 1.807) is 7.11 Å². The van der Waals surface area contributed by atoms with Crippen LogP contribution in [0.1, 0.15) is 5.56 Å². The fourth-order valence-electron chi connectivity index (χ4n) is 2.37. The number of benzene rings is 2. The highest BCUT2D eigenvalue weighted by Gasteiger charge is 2.11. The Labute approximate surface area is 129 Å². The second-order valence-corrected chi connectivity index (χ2v) is 4.60. The van der Waals surface area contributed by atoms with Gasteiger partial charge in [-0.3, -0.25) is 0 Å². The van der Waals surface area contributed by atoms with E-state index in [1.807, 2.05) is 12.1 Å². The van der Waals surface area contributed by atoms with E-state index in [2.05, 4.69) is 60.3 Å². The molecule has 3 aromatic rings. The third kappa shape index (κ3) is 2.54. The molecule has 102 valence electrons. The predicted molar refractivity (Wildman–Crippen MR) is 76.8 cm³/mol. The Morgan fingerprint density at radius 1 is 0.950 bits per heavy atom. The first kappa shape index (κ1) is 14.5. The van der Waals surface area contributed by atoms with E-state index < -0.39 is 0 Å². The summed E-state index contributed by atoms with van der Waals surface area (Å²) in [6.07, 6.45) is 4.21. The van der Waals surface area contributed by atoms with Crippen LogP contribution in [-0.4, -0.2) is 7.11 Å². The van der Waals surface area contributed by atoms with Gasteiger partial charge in [-0.1, -0.05) is 30.3 Å². The molecule has 0 saturated carbocycles. The normalized spacial score (nSPS) is 10.1. The first-order valence-corrected chi connectivity index (χ1v) is 6.33. The number of halogens is 1. The van der Waals surface area contributed by atoms with Crippen molar-refractivity contribution in [3.8, 4) is 11.4 Å². The minimum absolute atomic E-state index is 0. The van der Waals surface area contributed by atoms with Gasteiger partial charge in [0.25, 0.3) is 0 Å². The van der Waals surface area contributed by atoms with Crippen molar-refractivity contribution < 1.29 is 26.3 Å². The van der Waals surface area contributed by atoms with Crippen LogP contribution < -0.4 is 26.3 Å².